The van der Waals surface area contributed by atoms with E-state index < -0.39 is 0 Å². The lowest BCUT2D eigenvalue weighted by atomic mass is 9.57. The fourth-order valence-corrected chi connectivity index (χ4v) is 23.7. The van der Waals surface area contributed by atoms with Crippen molar-refractivity contribution < 1.29 is 0 Å². The molecule has 0 aromatic rings. The van der Waals surface area contributed by atoms with Crippen molar-refractivity contribution in [2.24, 2.45) is 71.9 Å². The summed E-state index contributed by atoms with van der Waals surface area (Å²) in [6.07, 6.45) is 89.4. The van der Waals surface area contributed by atoms with Gasteiger partial charge in [-0.3, -0.25) is 0 Å². The maximum absolute atomic E-state index is 2.74. The fourth-order valence-electron chi connectivity index (χ4n) is 23.7. The van der Waals surface area contributed by atoms with Gasteiger partial charge in [0.05, 0.1) is 0 Å². The Hall–Kier alpha value is 0. The van der Waals surface area contributed by atoms with Crippen LogP contribution in [-0.2, 0) is 0 Å². The van der Waals surface area contributed by atoms with Crippen molar-refractivity contribution in [1.82, 2.24) is 0 Å². The highest BCUT2D eigenvalue weighted by atomic mass is 14.5. The lowest BCUT2D eigenvalue weighted by molar-refractivity contribution is 0.0224. The molecule has 0 aliphatic rings. The van der Waals surface area contributed by atoms with Gasteiger partial charge in [0.25, 0.3) is 0 Å². The third-order valence-corrected chi connectivity index (χ3v) is 24.6. The maximum atomic E-state index is 2.74. The van der Waals surface area contributed by atoms with Crippen LogP contribution in [-0.4, -0.2) is 0 Å². The smallest absolute Gasteiger partial charge is 0.0318 e. The first kappa shape index (κ1) is 100. The summed E-state index contributed by atoms with van der Waals surface area (Å²) in [4.78, 5) is 0. The highest BCUT2D eigenvalue weighted by molar-refractivity contribution is 4.95. The summed E-state index contributed by atoms with van der Waals surface area (Å²) in [5.74, 6) is 2.40. The molecule has 0 nitrogen and oxygen atoms in total. The number of hydrogen-bond donors (Lipinski definition) is 0. The van der Waals surface area contributed by atoms with E-state index in [1.807, 2.05) is 0 Å². The Bertz CT molecular complexity index is 1800. The number of rotatable bonds is 73. The Labute approximate surface area is 639 Å². The van der Waals surface area contributed by atoms with Crippen molar-refractivity contribution in [3.8, 4) is 0 Å². The summed E-state index contributed by atoms with van der Waals surface area (Å²) in [6, 6.07) is 0. The van der Waals surface area contributed by atoms with Gasteiger partial charge in [0, 0.05) is 0 Å². The molecule has 0 heterocycles. The molecule has 0 aromatic heterocycles. The Morgan fingerprint density at radius 2 is 0.340 bits per heavy atom. The van der Waals surface area contributed by atoms with Crippen LogP contribution >= 0.6 is 0 Å². The zero-order valence-electron chi connectivity index (χ0n) is 75.6. The van der Waals surface area contributed by atoms with Gasteiger partial charge >= 0.3 is 0 Å². The van der Waals surface area contributed by atoms with E-state index in [1.54, 1.807) is 0 Å². The third kappa shape index (κ3) is 62.0. The Morgan fingerprint density at radius 3 is 0.530 bits per heavy atom. The molecule has 0 fully saturated rings. The lowest BCUT2D eigenvalue weighted by Crippen LogP contribution is -2.38. The molecule has 3 atom stereocenters. The monoisotopic (exact) mass is 1400 g/mol. The van der Waals surface area contributed by atoms with Gasteiger partial charge in [-0.15, -0.1) is 0 Å². The average Bonchev–Trinajstić information content (AvgIpc) is 0.804. The molecule has 0 aliphatic carbocycles. The molecule has 0 rings (SSSR count). The van der Waals surface area contributed by atoms with Crippen molar-refractivity contribution in [2.75, 3.05) is 0 Å². The molecule has 3 unspecified atom stereocenters. The summed E-state index contributed by atoms with van der Waals surface area (Å²) >= 11 is 0. The Kier molecular flexibility index (Phi) is 55.4. The van der Waals surface area contributed by atoms with Crippen LogP contribution in [0, 0.1) is 71.9 Å². The lowest BCUT2D eigenvalue weighted by Gasteiger charge is -2.48. The first-order chi connectivity index (χ1) is 46.7. The molecular weight excluding hydrogens is 1200 g/mol. The molecule has 0 amide bonds. The average molecular weight is 1400 g/mol. The molecular formula is C100H202. The van der Waals surface area contributed by atoms with Crippen LogP contribution in [0.5, 0.6) is 0 Å². The molecule has 0 aromatic carbocycles. The van der Waals surface area contributed by atoms with E-state index in [9.17, 15) is 0 Å². The van der Waals surface area contributed by atoms with Crippen LogP contribution < -0.4 is 0 Å². The summed E-state index contributed by atoms with van der Waals surface area (Å²) in [5, 5.41) is 0. The predicted octanol–water partition coefficient (Wildman–Crippen LogP) is 37.4. The minimum atomic E-state index is 0.285. The summed E-state index contributed by atoms with van der Waals surface area (Å²) < 4.78 is 0. The normalized spacial score (nSPS) is 14.6. The molecule has 0 aliphatic heterocycles. The summed E-state index contributed by atoms with van der Waals surface area (Å²) in [6.45, 7) is 64.5. The van der Waals surface area contributed by atoms with E-state index in [1.165, 1.54) is 398 Å². The predicted molar refractivity (Wildman–Crippen MR) is 463 cm³/mol. The van der Waals surface area contributed by atoms with Crippen molar-refractivity contribution in [2.45, 2.75) is 571 Å². The Balaban J connectivity index is 5.29. The summed E-state index contributed by atoms with van der Waals surface area (Å²) in [5.41, 5.74) is 3.12. The van der Waals surface area contributed by atoms with Gasteiger partial charge in [-0.25, -0.2) is 0 Å². The number of hydrogen-bond acceptors (Lipinski definition) is 0. The molecule has 0 saturated carbocycles. The summed E-state index contributed by atoms with van der Waals surface area (Å²) in [7, 11) is 0. The highest BCUT2D eigenvalue weighted by Crippen LogP contribution is 2.55. The van der Waals surface area contributed by atoms with Crippen LogP contribution in [0.4, 0.5) is 0 Å². The Morgan fingerprint density at radius 1 is 0.180 bits per heavy atom. The van der Waals surface area contributed by atoms with Crippen molar-refractivity contribution in [1.29, 1.82) is 0 Å². The maximum Gasteiger partial charge on any atom is -0.0318 e. The van der Waals surface area contributed by atoms with E-state index in [2.05, 4.69) is 173 Å². The molecule has 0 saturated heterocycles. The second-order valence-electron chi connectivity index (χ2n) is 44.9. The zero-order chi connectivity index (χ0) is 75.6. The molecule has 0 bridgehead atoms. The van der Waals surface area contributed by atoms with E-state index in [-0.39, 0.29) is 16.2 Å². The van der Waals surface area contributed by atoms with Crippen LogP contribution in [0.2, 0.25) is 0 Å². The van der Waals surface area contributed by atoms with Crippen LogP contribution in [0.3, 0.4) is 0 Å². The van der Waals surface area contributed by atoms with E-state index in [0.717, 1.165) is 17.8 Å². The van der Waals surface area contributed by atoms with Gasteiger partial charge in [0.1, 0.15) is 0 Å². The van der Waals surface area contributed by atoms with Crippen LogP contribution in [0.1, 0.15) is 571 Å². The number of unbranched alkanes of at least 4 members (excludes halogenated alkanes) is 48. The van der Waals surface area contributed by atoms with Crippen LogP contribution in [0.25, 0.3) is 0 Å². The molecule has 0 heteroatoms. The second kappa shape index (κ2) is 55.4. The molecule has 100 heavy (non-hydrogen) atoms. The van der Waals surface area contributed by atoms with Gasteiger partial charge in [-0.1, -0.05) is 507 Å². The van der Waals surface area contributed by atoms with Gasteiger partial charge in [0.15, 0.2) is 0 Å². The third-order valence-electron chi connectivity index (χ3n) is 24.6. The molecule has 602 valence electrons. The van der Waals surface area contributed by atoms with E-state index >= 15 is 0 Å². The molecule has 0 radical (unpaired) electrons. The van der Waals surface area contributed by atoms with Gasteiger partial charge < -0.3 is 0 Å². The molecule has 0 spiro atoms. The van der Waals surface area contributed by atoms with Gasteiger partial charge in [-0.2, -0.15) is 0 Å². The topological polar surface area (TPSA) is 0 Å². The standard InChI is InChI=1S/C100H202/c1-26-28-30-32-34-36-38-40-42-44-46-48-49-50-51-52-53-54-55-57-59-61-63-65-67-69-71-73-75-77-89(4)90(78-88(3)76-74-72-70-68-66-64-62-60-58-56-47-45-43-41-39-37-35-33-31-29-27-2)100(24,25)87-99(22,23)86-98(20,21)85-97(18,19)84-96(16,17)83-95(14,15)82-94(12,13)81-93(10,11)80-92(8,9)79-91(5,6)7/h88-90H,26-87H2,1-25H3. The zero-order valence-corrected chi connectivity index (χ0v) is 75.6. The fraction of sp³-hybridized carbons (Fsp3) is 1.00. The van der Waals surface area contributed by atoms with Gasteiger partial charge in [0.2, 0.25) is 0 Å². The van der Waals surface area contributed by atoms with Crippen molar-refractivity contribution >= 4 is 0 Å². The minimum Gasteiger partial charge on any atom is -0.0654 e. The van der Waals surface area contributed by atoms with Crippen molar-refractivity contribution in [3.05, 3.63) is 0 Å². The van der Waals surface area contributed by atoms with Crippen molar-refractivity contribution in [3.63, 3.8) is 0 Å². The quantitative estimate of drug-likeness (QED) is 0.0533. The minimum absolute atomic E-state index is 0.285. The van der Waals surface area contributed by atoms with Crippen LogP contribution in [0.15, 0.2) is 0 Å². The van der Waals surface area contributed by atoms with E-state index in [0.29, 0.717) is 37.9 Å². The second-order valence-corrected chi connectivity index (χ2v) is 44.9. The first-order valence-electron chi connectivity index (χ1n) is 46.7. The first-order valence-corrected chi connectivity index (χ1v) is 46.7. The van der Waals surface area contributed by atoms with E-state index in [4.69, 9.17) is 0 Å². The molecule has 0 N–H and O–H groups in total. The van der Waals surface area contributed by atoms with Gasteiger partial charge in [-0.05, 0) is 136 Å². The SMILES string of the molecule is CCCCCCCCCCCCCCCCCCCCCCCCCCCCCCCC(C)C(CC(C)CCCCCCCCCCCCCCCCCCCCCCC)C(C)(C)CC(C)(C)CC(C)(C)CC(C)(C)CC(C)(C)CC(C)(C)CC(C)(C)CC(C)(C)CC(C)(C)CC(C)(C)C. The highest BCUT2D eigenvalue weighted by Gasteiger charge is 2.44. The largest absolute Gasteiger partial charge is 0.0654 e.